The molecule has 0 radical (unpaired) electrons. The Balaban J connectivity index is 2.57. The van der Waals surface area contributed by atoms with Crippen molar-refractivity contribution in [2.24, 2.45) is 0 Å². The van der Waals surface area contributed by atoms with Gasteiger partial charge in [0.05, 0.1) is 19.8 Å². The molecule has 0 aromatic rings. The minimum absolute atomic E-state index is 0.350. The molecule has 0 aromatic heterocycles. The average Bonchev–Trinajstić information content (AvgIpc) is 2.52. The Labute approximate surface area is 130 Å². The maximum atomic E-state index is 10.1. The third-order valence-corrected chi connectivity index (χ3v) is 3.34. The van der Waals surface area contributed by atoms with Crippen LogP contribution in [0.15, 0.2) is 0 Å². The zero-order valence-electron chi connectivity index (χ0n) is 13.2. The van der Waals surface area contributed by atoms with Crippen LogP contribution in [0.3, 0.4) is 0 Å². The van der Waals surface area contributed by atoms with E-state index in [-0.39, 0.29) is 0 Å². The van der Waals surface area contributed by atoms with Gasteiger partial charge < -0.3 is 20.1 Å². The first-order valence-electron chi connectivity index (χ1n) is 7.84. The van der Waals surface area contributed by atoms with Crippen molar-refractivity contribution < 1.29 is 39.6 Å². The molecular weight excluding hydrogens is 296 g/mol. The number of unbranched alkanes of at least 4 members (excludes halogenated alkanes) is 2. The molecule has 132 valence electrons. The molecule has 3 N–H and O–H groups in total. The summed E-state index contributed by atoms with van der Waals surface area (Å²) in [6.45, 7) is 4.25. The first-order chi connectivity index (χ1) is 10.7. The zero-order chi connectivity index (χ0) is 16.4. The lowest BCUT2D eigenvalue weighted by atomic mass is 9.99. The van der Waals surface area contributed by atoms with E-state index < -0.39 is 37.3 Å². The molecule has 0 saturated carbocycles. The normalized spacial score (nSPS) is 32.3. The summed E-state index contributed by atoms with van der Waals surface area (Å²) in [6.07, 6.45) is -2.24. The standard InChI is InChI=1S/C14H28O8/c1-3-5-7-18-21-12-11(16)10(9-15)20-14(17)13(12)22-19-8-6-4-2/h10-17H,3-9H2,1-2H3/t10-,11-,12+,13-,14?/m1/s1. The molecule has 0 amide bonds. The fraction of sp³-hybridized carbons (Fsp3) is 1.00. The highest BCUT2D eigenvalue weighted by atomic mass is 17.2. The van der Waals surface area contributed by atoms with Gasteiger partial charge in [0, 0.05) is 0 Å². The molecule has 1 fully saturated rings. The number of rotatable bonds is 11. The van der Waals surface area contributed by atoms with Crippen molar-refractivity contribution in [1.29, 1.82) is 0 Å². The van der Waals surface area contributed by atoms with Gasteiger partial charge in [-0.25, -0.2) is 19.6 Å². The highest BCUT2D eigenvalue weighted by Crippen LogP contribution is 2.25. The van der Waals surface area contributed by atoms with Crippen molar-refractivity contribution >= 4 is 0 Å². The highest BCUT2D eigenvalue weighted by molar-refractivity contribution is 4.89. The summed E-state index contributed by atoms with van der Waals surface area (Å²) < 4.78 is 5.09. The molecule has 0 spiro atoms. The van der Waals surface area contributed by atoms with Gasteiger partial charge in [0.25, 0.3) is 0 Å². The van der Waals surface area contributed by atoms with Crippen LogP contribution in [0.4, 0.5) is 0 Å². The Morgan fingerprint density at radius 2 is 1.45 bits per heavy atom. The van der Waals surface area contributed by atoms with Crippen LogP contribution in [0, 0.1) is 0 Å². The Morgan fingerprint density at radius 1 is 0.909 bits per heavy atom. The van der Waals surface area contributed by atoms with E-state index in [2.05, 4.69) is 0 Å². The van der Waals surface area contributed by atoms with Gasteiger partial charge in [-0.2, -0.15) is 0 Å². The third kappa shape index (κ3) is 6.05. The van der Waals surface area contributed by atoms with Gasteiger partial charge in [0.1, 0.15) is 12.2 Å². The lowest BCUT2D eigenvalue weighted by Gasteiger charge is -2.40. The first-order valence-corrected chi connectivity index (χ1v) is 7.84. The van der Waals surface area contributed by atoms with Gasteiger partial charge in [-0.05, 0) is 12.8 Å². The molecule has 8 heteroatoms. The number of ether oxygens (including phenoxy) is 1. The van der Waals surface area contributed by atoms with E-state index >= 15 is 0 Å². The van der Waals surface area contributed by atoms with Gasteiger partial charge >= 0.3 is 0 Å². The first kappa shape index (κ1) is 19.7. The monoisotopic (exact) mass is 324 g/mol. The Hall–Kier alpha value is -0.320. The van der Waals surface area contributed by atoms with E-state index in [1.807, 2.05) is 13.8 Å². The number of hydrogen-bond acceptors (Lipinski definition) is 8. The minimum Gasteiger partial charge on any atom is -0.394 e. The van der Waals surface area contributed by atoms with E-state index in [1.54, 1.807) is 0 Å². The molecule has 0 bridgehead atoms. The van der Waals surface area contributed by atoms with Crippen molar-refractivity contribution in [3.8, 4) is 0 Å². The van der Waals surface area contributed by atoms with Crippen molar-refractivity contribution in [3.05, 3.63) is 0 Å². The van der Waals surface area contributed by atoms with Crippen molar-refractivity contribution in [1.82, 2.24) is 0 Å². The molecule has 22 heavy (non-hydrogen) atoms. The van der Waals surface area contributed by atoms with E-state index in [4.69, 9.17) is 24.3 Å². The fourth-order valence-corrected chi connectivity index (χ4v) is 1.93. The summed E-state index contributed by atoms with van der Waals surface area (Å²) in [5.74, 6) is 0. The smallest absolute Gasteiger partial charge is 0.187 e. The lowest BCUT2D eigenvalue weighted by molar-refractivity contribution is -0.447. The molecule has 5 atom stereocenters. The van der Waals surface area contributed by atoms with Crippen LogP contribution in [-0.2, 0) is 24.3 Å². The summed E-state index contributed by atoms with van der Waals surface area (Å²) in [6, 6.07) is 0. The highest BCUT2D eigenvalue weighted by Gasteiger charge is 2.47. The number of aliphatic hydroxyl groups excluding tert-OH is 3. The zero-order valence-corrected chi connectivity index (χ0v) is 13.2. The van der Waals surface area contributed by atoms with Crippen LogP contribution in [0.5, 0.6) is 0 Å². The fourth-order valence-electron chi connectivity index (χ4n) is 1.93. The van der Waals surface area contributed by atoms with Crippen molar-refractivity contribution in [2.45, 2.75) is 70.2 Å². The summed E-state index contributed by atoms with van der Waals surface area (Å²) >= 11 is 0. The van der Waals surface area contributed by atoms with Gasteiger partial charge in [-0.3, -0.25) is 0 Å². The number of aliphatic hydroxyl groups is 3. The molecular formula is C14H28O8. The van der Waals surface area contributed by atoms with Crippen LogP contribution in [-0.4, -0.2) is 65.8 Å². The second-order valence-corrected chi connectivity index (χ2v) is 5.21. The van der Waals surface area contributed by atoms with E-state index in [0.717, 1.165) is 25.7 Å². The van der Waals surface area contributed by atoms with Crippen molar-refractivity contribution in [3.63, 3.8) is 0 Å². The van der Waals surface area contributed by atoms with Crippen LogP contribution >= 0.6 is 0 Å². The summed E-state index contributed by atoms with van der Waals surface area (Å²) in [4.78, 5) is 20.3. The topological polar surface area (TPSA) is 107 Å². The van der Waals surface area contributed by atoms with Gasteiger partial charge in [-0.15, -0.1) is 0 Å². The Kier molecular flexibility index (Phi) is 10.1. The molecule has 0 aromatic carbocycles. The number of hydrogen-bond donors (Lipinski definition) is 3. The molecule has 1 rings (SSSR count). The predicted molar refractivity (Wildman–Crippen MR) is 75.4 cm³/mol. The summed E-state index contributed by atoms with van der Waals surface area (Å²) in [7, 11) is 0. The Morgan fingerprint density at radius 3 is 1.95 bits per heavy atom. The third-order valence-electron chi connectivity index (χ3n) is 3.34. The second-order valence-electron chi connectivity index (χ2n) is 5.21. The van der Waals surface area contributed by atoms with Crippen LogP contribution in [0.1, 0.15) is 39.5 Å². The van der Waals surface area contributed by atoms with E-state index in [1.165, 1.54) is 0 Å². The average molecular weight is 324 g/mol. The Bertz CT molecular complexity index is 278. The SMILES string of the molecule is CCCCOO[C@H]1[C@H](O)[C@@H](CO)OC(O)[C@@H]1OOCCCC. The van der Waals surface area contributed by atoms with Crippen molar-refractivity contribution in [2.75, 3.05) is 19.8 Å². The summed E-state index contributed by atoms with van der Waals surface area (Å²) in [5.41, 5.74) is 0. The molecule has 0 aliphatic carbocycles. The van der Waals surface area contributed by atoms with Crippen LogP contribution in [0.25, 0.3) is 0 Å². The van der Waals surface area contributed by atoms with Crippen LogP contribution < -0.4 is 0 Å². The predicted octanol–water partition coefficient (Wildman–Crippen LogP) is 0.291. The van der Waals surface area contributed by atoms with Crippen LogP contribution in [0.2, 0.25) is 0 Å². The molecule has 1 aliphatic rings. The van der Waals surface area contributed by atoms with Gasteiger partial charge in [0.15, 0.2) is 18.5 Å². The van der Waals surface area contributed by atoms with E-state index in [0.29, 0.717) is 13.2 Å². The molecule has 1 unspecified atom stereocenters. The molecule has 1 saturated heterocycles. The maximum Gasteiger partial charge on any atom is 0.187 e. The van der Waals surface area contributed by atoms with E-state index in [9.17, 15) is 15.3 Å². The lowest BCUT2D eigenvalue weighted by Crippen LogP contribution is -2.60. The maximum absolute atomic E-state index is 10.1. The largest absolute Gasteiger partial charge is 0.394 e. The van der Waals surface area contributed by atoms with Gasteiger partial charge in [-0.1, -0.05) is 26.7 Å². The summed E-state index contributed by atoms with van der Waals surface area (Å²) in [5, 5.41) is 29.2. The van der Waals surface area contributed by atoms with Gasteiger partial charge in [0.2, 0.25) is 0 Å². The molecule has 1 heterocycles. The molecule has 1 aliphatic heterocycles. The quantitative estimate of drug-likeness (QED) is 0.283. The second kappa shape index (κ2) is 11.3. The molecule has 8 nitrogen and oxygen atoms in total. The minimum atomic E-state index is -1.40.